The van der Waals surface area contributed by atoms with Gasteiger partial charge in [0.2, 0.25) is 5.91 Å². The minimum atomic E-state index is -1.15. The highest BCUT2D eigenvalue weighted by Gasteiger charge is 2.55. The summed E-state index contributed by atoms with van der Waals surface area (Å²) in [5.74, 6) is -1.14. The molecule has 3 aliphatic rings. The number of carboxylic acids is 1. The maximum absolute atomic E-state index is 13.4. The predicted molar refractivity (Wildman–Crippen MR) is 122 cm³/mol. The van der Waals surface area contributed by atoms with Gasteiger partial charge in [-0.15, -0.1) is 10.2 Å². The van der Waals surface area contributed by atoms with Gasteiger partial charge in [0.15, 0.2) is 5.82 Å². The molecule has 10 nitrogen and oxygen atoms in total. The largest absolute Gasteiger partial charge is 0.480 e. The van der Waals surface area contributed by atoms with Crippen molar-refractivity contribution in [2.45, 2.75) is 43.4 Å². The quantitative estimate of drug-likeness (QED) is 0.581. The molecule has 178 valence electrons. The molecule has 1 fully saturated rings. The number of hydrogen-bond donors (Lipinski definition) is 2. The Bertz CT molecular complexity index is 1300. The van der Waals surface area contributed by atoms with E-state index in [1.807, 2.05) is 36.4 Å². The Hall–Kier alpha value is -4.21. The molecule has 1 atom stereocenters. The molecule has 2 aromatic carbocycles. The third kappa shape index (κ3) is 3.52. The van der Waals surface area contributed by atoms with Crippen LogP contribution in [-0.2, 0) is 27.4 Å². The second-order valence-corrected chi connectivity index (χ2v) is 9.22. The van der Waals surface area contributed by atoms with E-state index in [0.29, 0.717) is 18.7 Å². The number of aliphatic carboxylic acids is 1. The first-order valence-electron chi connectivity index (χ1n) is 11.5. The first-order chi connectivity index (χ1) is 17.0. The van der Waals surface area contributed by atoms with Crippen LogP contribution < -0.4 is 5.32 Å². The lowest BCUT2D eigenvalue weighted by molar-refractivity contribution is -0.154. The summed E-state index contributed by atoms with van der Waals surface area (Å²) in [7, 11) is 0. The number of rotatable bonds is 5. The molecule has 6 rings (SSSR count). The Labute approximate surface area is 200 Å². The number of carboxylic acid groups (broad SMARTS) is 1. The second kappa shape index (κ2) is 7.93. The van der Waals surface area contributed by atoms with E-state index in [2.05, 4.69) is 27.6 Å². The number of fused-ring (bicyclic) bond motifs is 4. The normalized spacial score (nSPS) is 19.3. The molecule has 1 unspecified atom stereocenters. The first kappa shape index (κ1) is 21.3. The van der Waals surface area contributed by atoms with Crippen molar-refractivity contribution in [3.8, 4) is 11.1 Å². The van der Waals surface area contributed by atoms with Crippen LogP contribution in [0.5, 0.6) is 0 Å². The summed E-state index contributed by atoms with van der Waals surface area (Å²) in [5, 5.41) is 20.2. The van der Waals surface area contributed by atoms with Gasteiger partial charge in [0.25, 0.3) is 0 Å². The molecular formula is C25H23N5O5. The molecule has 2 amide bonds. The Kier molecular flexibility index (Phi) is 4.84. The van der Waals surface area contributed by atoms with Crippen LogP contribution in [0.3, 0.4) is 0 Å². The molecular weight excluding hydrogens is 450 g/mol. The van der Waals surface area contributed by atoms with Crippen molar-refractivity contribution in [2.24, 2.45) is 0 Å². The Morgan fingerprint density at radius 2 is 1.71 bits per heavy atom. The molecule has 10 heteroatoms. The lowest BCUT2D eigenvalue weighted by atomic mass is 9.98. The number of alkyl carbamates (subject to hydrolysis) is 1. The standard InChI is InChI=1S/C25H23N5O5/c31-22(32)20-11-29-14-26-28-21(29)12-30(20)23(33)25(9-10-25)27-24(34)35-13-19-17-7-3-1-5-15(17)16-6-2-4-8-18(16)19/h1-8,14,19-20H,9-13H2,(H,27,34)(H,31,32). The third-order valence-corrected chi connectivity index (χ3v) is 7.14. The van der Waals surface area contributed by atoms with Crippen LogP contribution in [-0.4, -0.2) is 60.9 Å². The number of amides is 2. The van der Waals surface area contributed by atoms with Gasteiger partial charge in [-0.2, -0.15) is 0 Å². The van der Waals surface area contributed by atoms with Gasteiger partial charge in [0.1, 0.15) is 24.5 Å². The van der Waals surface area contributed by atoms with Crippen LogP contribution in [0.1, 0.15) is 35.7 Å². The van der Waals surface area contributed by atoms with Gasteiger partial charge in [-0.1, -0.05) is 48.5 Å². The maximum Gasteiger partial charge on any atom is 0.408 e. The van der Waals surface area contributed by atoms with Gasteiger partial charge in [0.05, 0.1) is 13.1 Å². The molecule has 2 heterocycles. The SMILES string of the molecule is O=C(NC1(C(=O)N2Cc3nncn3CC2C(=O)O)CC1)OCC1c2ccccc2-c2ccccc21. The maximum atomic E-state index is 13.4. The smallest absolute Gasteiger partial charge is 0.408 e. The summed E-state index contributed by atoms with van der Waals surface area (Å²) in [4.78, 5) is 39.3. The van der Waals surface area contributed by atoms with Gasteiger partial charge in [0, 0.05) is 5.92 Å². The monoisotopic (exact) mass is 473 g/mol. The van der Waals surface area contributed by atoms with Crippen molar-refractivity contribution in [2.75, 3.05) is 6.61 Å². The number of nitrogens with zero attached hydrogens (tertiary/aromatic N) is 4. The van der Waals surface area contributed by atoms with E-state index in [4.69, 9.17) is 4.74 Å². The van der Waals surface area contributed by atoms with Crippen LogP contribution in [0.25, 0.3) is 11.1 Å². The number of hydrogen-bond acceptors (Lipinski definition) is 6. The average molecular weight is 473 g/mol. The zero-order valence-electron chi connectivity index (χ0n) is 18.8. The molecule has 1 saturated carbocycles. The second-order valence-electron chi connectivity index (χ2n) is 9.22. The summed E-state index contributed by atoms with van der Waals surface area (Å²) in [6.07, 6.45) is 1.61. The van der Waals surface area contributed by atoms with Crippen molar-refractivity contribution in [1.82, 2.24) is 25.0 Å². The Morgan fingerprint density at radius 1 is 1.06 bits per heavy atom. The molecule has 0 saturated heterocycles. The lowest BCUT2D eigenvalue weighted by Gasteiger charge is -2.35. The summed E-state index contributed by atoms with van der Waals surface area (Å²) >= 11 is 0. The van der Waals surface area contributed by atoms with Crippen molar-refractivity contribution >= 4 is 18.0 Å². The number of carbonyl (C=O) groups excluding carboxylic acids is 2. The third-order valence-electron chi connectivity index (χ3n) is 7.14. The zero-order valence-corrected chi connectivity index (χ0v) is 18.8. The highest BCUT2D eigenvalue weighted by molar-refractivity contribution is 5.95. The lowest BCUT2D eigenvalue weighted by Crippen LogP contribution is -2.58. The summed E-state index contributed by atoms with van der Waals surface area (Å²) in [5.41, 5.74) is 3.30. The number of ether oxygens (including phenoxy) is 1. The molecule has 0 bridgehead atoms. The zero-order chi connectivity index (χ0) is 24.2. The number of carbonyl (C=O) groups is 3. The van der Waals surface area contributed by atoms with E-state index >= 15 is 0 Å². The molecule has 1 aliphatic heterocycles. The predicted octanol–water partition coefficient (Wildman–Crippen LogP) is 2.14. The summed E-state index contributed by atoms with van der Waals surface area (Å²) < 4.78 is 7.23. The minimum absolute atomic E-state index is 0.0178. The highest BCUT2D eigenvalue weighted by Crippen LogP contribution is 2.44. The molecule has 2 N–H and O–H groups in total. The van der Waals surface area contributed by atoms with E-state index in [1.165, 1.54) is 11.2 Å². The minimum Gasteiger partial charge on any atom is -0.480 e. The number of aromatic nitrogens is 3. The molecule has 0 spiro atoms. The van der Waals surface area contributed by atoms with Crippen molar-refractivity contribution in [3.63, 3.8) is 0 Å². The topological polar surface area (TPSA) is 127 Å². The number of benzene rings is 2. The summed E-state index contributed by atoms with van der Waals surface area (Å²) in [6.45, 7) is 0.211. The van der Waals surface area contributed by atoms with Crippen molar-refractivity contribution in [3.05, 3.63) is 71.8 Å². The van der Waals surface area contributed by atoms with E-state index in [9.17, 15) is 19.5 Å². The van der Waals surface area contributed by atoms with Crippen LogP contribution in [0, 0.1) is 0 Å². The van der Waals surface area contributed by atoms with Gasteiger partial charge in [-0.3, -0.25) is 4.79 Å². The first-order valence-corrected chi connectivity index (χ1v) is 11.5. The van der Waals surface area contributed by atoms with Gasteiger partial charge < -0.3 is 24.6 Å². The van der Waals surface area contributed by atoms with Gasteiger partial charge >= 0.3 is 12.1 Å². The van der Waals surface area contributed by atoms with Crippen LogP contribution in [0.2, 0.25) is 0 Å². The molecule has 0 radical (unpaired) electrons. The Balaban J connectivity index is 1.15. The van der Waals surface area contributed by atoms with Gasteiger partial charge in [-0.25, -0.2) is 9.59 Å². The van der Waals surface area contributed by atoms with Crippen LogP contribution in [0.4, 0.5) is 4.79 Å². The average Bonchev–Trinajstić information content (AvgIpc) is 3.37. The van der Waals surface area contributed by atoms with Crippen LogP contribution >= 0.6 is 0 Å². The van der Waals surface area contributed by atoms with Crippen molar-refractivity contribution in [1.29, 1.82) is 0 Å². The van der Waals surface area contributed by atoms with E-state index in [0.717, 1.165) is 22.3 Å². The summed E-state index contributed by atoms with van der Waals surface area (Å²) in [6, 6.07) is 15.0. The fraction of sp³-hybridized carbons (Fsp3) is 0.320. The van der Waals surface area contributed by atoms with E-state index < -0.39 is 29.6 Å². The molecule has 1 aromatic heterocycles. The molecule has 35 heavy (non-hydrogen) atoms. The van der Waals surface area contributed by atoms with Crippen LogP contribution in [0.15, 0.2) is 54.9 Å². The van der Waals surface area contributed by atoms with Gasteiger partial charge in [-0.05, 0) is 35.1 Å². The fourth-order valence-electron chi connectivity index (χ4n) is 5.15. The fourth-order valence-corrected chi connectivity index (χ4v) is 5.15. The Morgan fingerprint density at radius 3 is 2.34 bits per heavy atom. The highest BCUT2D eigenvalue weighted by atomic mass is 16.5. The van der Waals surface area contributed by atoms with E-state index in [1.54, 1.807) is 4.57 Å². The molecule has 3 aromatic rings. The van der Waals surface area contributed by atoms with Crippen molar-refractivity contribution < 1.29 is 24.2 Å². The molecule has 2 aliphatic carbocycles. The van der Waals surface area contributed by atoms with E-state index in [-0.39, 0.29) is 25.6 Å². The number of nitrogens with one attached hydrogen (secondary N) is 1.